The maximum Gasteiger partial charge on any atom is 0.0518 e. The normalized spacial score (nSPS) is 17.4. The van der Waals surface area contributed by atoms with Gasteiger partial charge in [0.15, 0.2) is 0 Å². The van der Waals surface area contributed by atoms with Crippen molar-refractivity contribution in [2.24, 2.45) is 0 Å². The standard InChI is InChI=1S/C12H11N/c1-4-10-6-2-8-13-9-3-7-11(5-1)12(10)13/h1-7H,8-9H2. The zero-order valence-corrected chi connectivity index (χ0v) is 7.40. The third kappa shape index (κ3) is 0.934. The van der Waals surface area contributed by atoms with E-state index in [4.69, 9.17) is 0 Å². The quantitative estimate of drug-likeness (QED) is 0.577. The first-order chi connectivity index (χ1) is 6.45. The van der Waals surface area contributed by atoms with Crippen LogP contribution in [0.1, 0.15) is 11.1 Å². The third-order valence-electron chi connectivity index (χ3n) is 2.66. The molecule has 0 saturated carbocycles. The van der Waals surface area contributed by atoms with Gasteiger partial charge < -0.3 is 4.90 Å². The fourth-order valence-corrected chi connectivity index (χ4v) is 2.09. The van der Waals surface area contributed by atoms with Gasteiger partial charge in [-0.1, -0.05) is 42.5 Å². The molecule has 0 N–H and O–H groups in total. The number of hydrogen-bond acceptors (Lipinski definition) is 1. The summed E-state index contributed by atoms with van der Waals surface area (Å²) < 4.78 is 0. The Kier molecular flexibility index (Phi) is 1.33. The molecule has 0 unspecified atom stereocenters. The maximum absolute atomic E-state index is 2.41. The summed E-state index contributed by atoms with van der Waals surface area (Å²) in [5.41, 5.74) is 4.12. The van der Waals surface area contributed by atoms with Crippen LogP contribution < -0.4 is 4.90 Å². The Balaban J connectivity index is 2.31. The van der Waals surface area contributed by atoms with Gasteiger partial charge in [0.2, 0.25) is 0 Å². The molecular weight excluding hydrogens is 158 g/mol. The second-order valence-electron chi connectivity index (χ2n) is 3.49. The van der Waals surface area contributed by atoms with Crippen LogP contribution in [0.5, 0.6) is 0 Å². The van der Waals surface area contributed by atoms with Crippen LogP contribution in [0.15, 0.2) is 30.4 Å². The van der Waals surface area contributed by atoms with Crippen LogP contribution in [0.3, 0.4) is 0 Å². The Bertz CT molecular complexity index is 367. The Morgan fingerprint density at radius 2 is 1.54 bits per heavy atom. The molecule has 13 heavy (non-hydrogen) atoms. The van der Waals surface area contributed by atoms with Gasteiger partial charge in [0.1, 0.15) is 0 Å². The van der Waals surface area contributed by atoms with Gasteiger partial charge in [-0.2, -0.15) is 0 Å². The predicted octanol–water partition coefficient (Wildman–Crippen LogP) is 2.55. The summed E-state index contributed by atoms with van der Waals surface area (Å²) in [6.07, 6.45) is 8.89. The first kappa shape index (κ1) is 6.96. The summed E-state index contributed by atoms with van der Waals surface area (Å²) >= 11 is 0. The van der Waals surface area contributed by atoms with Gasteiger partial charge in [0.25, 0.3) is 0 Å². The lowest BCUT2D eigenvalue weighted by atomic mass is 9.99. The van der Waals surface area contributed by atoms with Crippen molar-refractivity contribution >= 4 is 17.8 Å². The van der Waals surface area contributed by atoms with Gasteiger partial charge in [0.05, 0.1) is 5.69 Å². The minimum Gasteiger partial charge on any atom is -0.363 e. The van der Waals surface area contributed by atoms with Crippen molar-refractivity contribution in [2.75, 3.05) is 18.0 Å². The monoisotopic (exact) mass is 169 g/mol. The summed E-state index contributed by atoms with van der Waals surface area (Å²) in [4.78, 5) is 2.41. The van der Waals surface area contributed by atoms with Crippen molar-refractivity contribution in [1.29, 1.82) is 0 Å². The predicted molar refractivity (Wildman–Crippen MR) is 56.7 cm³/mol. The van der Waals surface area contributed by atoms with E-state index < -0.39 is 0 Å². The zero-order valence-electron chi connectivity index (χ0n) is 7.40. The highest BCUT2D eigenvalue weighted by Gasteiger charge is 2.16. The van der Waals surface area contributed by atoms with Crippen molar-refractivity contribution < 1.29 is 0 Å². The van der Waals surface area contributed by atoms with E-state index in [1.165, 1.54) is 16.8 Å². The average molecular weight is 169 g/mol. The minimum atomic E-state index is 1.05. The molecule has 1 aromatic rings. The molecule has 0 radical (unpaired) electrons. The molecule has 0 aromatic heterocycles. The van der Waals surface area contributed by atoms with Crippen LogP contribution in [0, 0.1) is 0 Å². The molecule has 1 heteroatoms. The maximum atomic E-state index is 2.41. The van der Waals surface area contributed by atoms with Gasteiger partial charge in [-0.3, -0.25) is 0 Å². The molecular formula is C12H11N. The Morgan fingerprint density at radius 1 is 0.923 bits per heavy atom. The van der Waals surface area contributed by atoms with Crippen LogP contribution in [-0.2, 0) is 0 Å². The smallest absolute Gasteiger partial charge is 0.0518 e. The van der Waals surface area contributed by atoms with E-state index in [-0.39, 0.29) is 0 Å². The van der Waals surface area contributed by atoms with Crippen molar-refractivity contribution in [1.82, 2.24) is 0 Å². The molecule has 3 rings (SSSR count). The zero-order chi connectivity index (χ0) is 8.67. The van der Waals surface area contributed by atoms with Crippen LogP contribution in [0.25, 0.3) is 12.2 Å². The molecule has 2 heterocycles. The summed E-state index contributed by atoms with van der Waals surface area (Å²) in [5.74, 6) is 0. The van der Waals surface area contributed by atoms with E-state index in [1.54, 1.807) is 0 Å². The molecule has 0 aliphatic carbocycles. The fourth-order valence-electron chi connectivity index (χ4n) is 2.09. The lowest BCUT2D eigenvalue weighted by Gasteiger charge is -2.31. The Labute approximate surface area is 78.0 Å². The Morgan fingerprint density at radius 3 is 2.15 bits per heavy atom. The highest BCUT2D eigenvalue weighted by Crippen LogP contribution is 2.32. The molecule has 1 nitrogen and oxygen atoms in total. The highest BCUT2D eigenvalue weighted by atomic mass is 15.1. The average Bonchev–Trinajstić information content (AvgIpc) is 2.19. The molecule has 2 aliphatic rings. The molecule has 0 spiro atoms. The topological polar surface area (TPSA) is 3.24 Å². The minimum absolute atomic E-state index is 1.05. The third-order valence-corrected chi connectivity index (χ3v) is 2.66. The summed E-state index contributed by atoms with van der Waals surface area (Å²) in [7, 11) is 0. The molecule has 64 valence electrons. The van der Waals surface area contributed by atoms with Crippen LogP contribution >= 0.6 is 0 Å². The van der Waals surface area contributed by atoms with Crippen molar-refractivity contribution in [3.8, 4) is 0 Å². The summed E-state index contributed by atoms with van der Waals surface area (Å²) in [6.45, 7) is 2.10. The van der Waals surface area contributed by atoms with Gasteiger partial charge in [-0.15, -0.1) is 0 Å². The summed E-state index contributed by atoms with van der Waals surface area (Å²) in [6, 6.07) is 6.49. The molecule has 2 aliphatic heterocycles. The molecule has 0 atom stereocenters. The largest absolute Gasteiger partial charge is 0.363 e. The van der Waals surface area contributed by atoms with E-state index in [1.807, 2.05) is 0 Å². The molecule has 0 saturated heterocycles. The number of nitrogens with zero attached hydrogens (tertiary/aromatic N) is 1. The van der Waals surface area contributed by atoms with E-state index in [9.17, 15) is 0 Å². The first-order valence-electron chi connectivity index (χ1n) is 4.66. The van der Waals surface area contributed by atoms with Gasteiger partial charge in [-0.25, -0.2) is 0 Å². The second-order valence-corrected chi connectivity index (χ2v) is 3.49. The van der Waals surface area contributed by atoms with Gasteiger partial charge in [-0.05, 0) is 11.1 Å². The molecule has 0 bridgehead atoms. The van der Waals surface area contributed by atoms with Crippen molar-refractivity contribution in [3.63, 3.8) is 0 Å². The van der Waals surface area contributed by atoms with Crippen molar-refractivity contribution in [3.05, 3.63) is 41.5 Å². The van der Waals surface area contributed by atoms with Crippen LogP contribution in [0.4, 0.5) is 5.69 Å². The highest BCUT2D eigenvalue weighted by molar-refractivity contribution is 5.82. The van der Waals surface area contributed by atoms with E-state index in [2.05, 4.69) is 47.4 Å². The van der Waals surface area contributed by atoms with Crippen molar-refractivity contribution in [2.45, 2.75) is 0 Å². The van der Waals surface area contributed by atoms with E-state index >= 15 is 0 Å². The lowest BCUT2D eigenvalue weighted by Crippen LogP contribution is -2.28. The molecule has 0 amide bonds. The van der Waals surface area contributed by atoms with Crippen LogP contribution in [-0.4, -0.2) is 13.1 Å². The lowest BCUT2D eigenvalue weighted by molar-refractivity contribution is 0.937. The number of benzene rings is 1. The first-order valence-corrected chi connectivity index (χ1v) is 4.66. The number of para-hydroxylation sites is 1. The number of anilines is 1. The molecule has 1 aromatic carbocycles. The van der Waals surface area contributed by atoms with E-state index in [0.29, 0.717) is 0 Å². The van der Waals surface area contributed by atoms with Gasteiger partial charge >= 0.3 is 0 Å². The fraction of sp³-hybridized carbons (Fsp3) is 0.167. The van der Waals surface area contributed by atoms with Crippen LogP contribution in [0.2, 0.25) is 0 Å². The summed E-state index contributed by atoms with van der Waals surface area (Å²) in [5, 5.41) is 0. The molecule has 0 fully saturated rings. The SMILES string of the molecule is C1=Cc2cccc3c2N(C1)CC=C3. The second kappa shape index (κ2) is 2.49. The number of hydrogen-bond donors (Lipinski definition) is 0. The van der Waals surface area contributed by atoms with E-state index in [0.717, 1.165) is 13.1 Å². The van der Waals surface area contributed by atoms with Gasteiger partial charge in [0, 0.05) is 13.1 Å². The Hall–Kier alpha value is -1.50. The number of rotatable bonds is 0.